The van der Waals surface area contributed by atoms with E-state index in [1.807, 2.05) is 0 Å². The van der Waals surface area contributed by atoms with E-state index in [-0.39, 0.29) is 5.91 Å². The second-order valence-corrected chi connectivity index (χ2v) is 5.00. The van der Waals surface area contributed by atoms with Gasteiger partial charge in [0.2, 0.25) is 5.91 Å². The van der Waals surface area contributed by atoms with Gasteiger partial charge in [0.15, 0.2) is 0 Å². The van der Waals surface area contributed by atoms with Crippen LogP contribution in [0.5, 0.6) is 0 Å². The normalized spacial score (nSPS) is 33.1. The van der Waals surface area contributed by atoms with Gasteiger partial charge in [-0.1, -0.05) is 6.92 Å². The summed E-state index contributed by atoms with van der Waals surface area (Å²) in [5.74, 6) is 0.132. The molecule has 2 aliphatic heterocycles. The van der Waals surface area contributed by atoms with E-state index in [9.17, 15) is 4.79 Å². The highest BCUT2D eigenvalue weighted by molar-refractivity contribution is 5.77. The Bertz CT molecular complexity index is 245. The van der Waals surface area contributed by atoms with E-state index in [0.29, 0.717) is 24.7 Å². The number of hydrogen-bond acceptors (Lipinski definition) is 3. The molecule has 2 aliphatic rings. The van der Waals surface area contributed by atoms with Gasteiger partial charge in [-0.2, -0.15) is 0 Å². The summed E-state index contributed by atoms with van der Waals surface area (Å²) < 4.78 is 0. The van der Waals surface area contributed by atoms with Crippen molar-refractivity contribution in [3.63, 3.8) is 0 Å². The van der Waals surface area contributed by atoms with Gasteiger partial charge in [-0.25, -0.2) is 0 Å². The molecule has 2 saturated heterocycles. The summed E-state index contributed by atoms with van der Waals surface area (Å²) in [5.41, 5.74) is 0. The Morgan fingerprint density at radius 2 is 2.00 bits per heavy atom. The molecule has 4 heteroatoms. The topological polar surface area (TPSA) is 44.4 Å². The van der Waals surface area contributed by atoms with E-state index in [2.05, 4.69) is 22.5 Å². The molecule has 0 aromatic rings. The highest BCUT2D eigenvalue weighted by Gasteiger charge is 2.35. The summed E-state index contributed by atoms with van der Waals surface area (Å²) in [6.07, 6.45) is 5.06. The first kappa shape index (κ1) is 11.9. The van der Waals surface area contributed by atoms with Crippen LogP contribution in [0, 0.1) is 0 Å². The SMILES string of the molecule is CCN(CC(=O)NC)C1CC2CCC(C1)N2. The van der Waals surface area contributed by atoms with Crippen LogP contribution in [-0.2, 0) is 4.79 Å². The maximum Gasteiger partial charge on any atom is 0.233 e. The van der Waals surface area contributed by atoms with E-state index in [1.54, 1.807) is 7.05 Å². The Morgan fingerprint density at radius 1 is 1.38 bits per heavy atom. The van der Waals surface area contributed by atoms with Crippen molar-refractivity contribution in [1.29, 1.82) is 0 Å². The van der Waals surface area contributed by atoms with Crippen molar-refractivity contribution < 1.29 is 4.79 Å². The van der Waals surface area contributed by atoms with E-state index in [0.717, 1.165) is 6.54 Å². The molecule has 2 rings (SSSR count). The standard InChI is InChI=1S/C12H23N3O/c1-3-15(8-12(16)13-2)11-6-9-4-5-10(7-11)14-9/h9-11,14H,3-8H2,1-2H3,(H,13,16). The Hall–Kier alpha value is -0.610. The number of amides is 1. The lowest BCUT2D eigenvalue weighted by Crippen LogP contribution is -2.50. The molecule has 2 bridgehead atoms. The zero-order valence-corrected chi connectivity index (χ0v) is 10.3. The fraction of sp³-hybridized carbons (Fsp3) is 0.917. The molecular weight excluding hydrogens is 202 g/mol. The minimum Gasteiger partial charge on any atom is -0.358 e. The van der Waals surface area contributed by atoms with Crippen molar-refractivity contribution in [1.82, 2.24) is 15.5 Å². The molecule has 92 valence electrons. The van der Waals surface area contributed by atoms with E-state index in [1.165, 1.54) is 25.7 Å². The van der Waals surface area contributed by atoms with Gasteiger partial charge in [0.1, 0.15) is 0 Å². The first-order chi connectivity index (χ1) is 7.72. The number of hydrogen-bond donors (Lipinski definition) is 2. The minimum absolute atomic E-state index is 0.132. The van der Waals surface area contributed by atoms with Crippen molar-refractivity contribution in [2.24, 2.45) is 0 Å². The lowest BCUT2D eigenvalue weighted by Gasteiger charge is -2.36. The average Bonchev–Trinajstić information content (AvgIpc) is 2.64. The number of carbonyl (C=O) groups is 1. The maximum absolute atomic E-state index is 11.4. The molecule has 16 heavy (non-hydrogen) atoms. The number of nitrogens with one attached hydrogen (secondary N) is 2. The lowest BCUT2D eigenvalue weighted by molar-refractivity contribution is -0.122. The fourth-order valence-corrected chi connectivity index (χ4v) is 3.09. The second kappa shape index (κ2) is 5.15. The smallest absolute Gasteiger partial charge is 0.233 e. The molecule has 0 aromatic heterocycles. The van der Waals surface area contributed by atoms with Gasteiger partial charge in [0, 0.05) is 25.2 Å². The van der Waals surface area contributed by atoms with Gasteiger partial charge in [0.05, 0.1) is 6.54 Å². The van der Waals surface area contributed by atoms with Gasteiger partial charge < -0.3 is 10.6 Å². The number of carbonyl (C=O) groups excluding carboxylic acids is 1. The van der Waals surface area contributed by atoms with Crippen LogP contribution in [0.4, 0.5) is 0 Å². The largest absolute Gasteiger partial charge is 0.358 e. The average molecular weight is 225 g/mol. The Labute approximate surface area is 97.8 Å². The van der Waals surface area contributed by atoms with Crippen LogP contribution in [-0.4, -0.2) is 49.1 Å². The summed E-state index contributed by atoms with van der Waals surface area (Å²) in [5, 5.41) is 6.35. The predicted octanol–water partition coefficient (Wildman–Crippen LogP) is 0.337. The first-order valence-electron chi connectivity index (χ1n) is 6.43. The van der Waals surface area contributed by atoms with Gasteiger partial charge in [-0.3, -0.25) is 9.69 Å². The molecule has 0 radical (unpaired) electrons. The third-order valence-corrected chi connectivity index (χ3v) is 4.00. The van der Waals surface area contributed by atoms with Gasteiger partial charge in [-0.05, 0) is 32.2 Å². The number of nitrogens with zero attached hydrogens (tertiary/aromatic N) is 1. The molecule has 2 heterocycles. The molecule has 0 aliphatic carbocycles. The van der Waals surface area contributed by atoms with Crippen LogP contribution >= 0.6 is 0 Å². The molecule has 2 unspecified atom stereocenters. The van der Waals surface area contributed by atoms with Crippen LogP contribution in [0.1, 0.15) is 32.6 Å². The molecular formula is C12H23N3O. The third-order valence-electron chi connectivity index (χ3n) is 4.00. The monoisotopic (exact) mass is 225 g/mol. The molecule has 0 aromatic carbocycles. The van der Waals surface area contributed by atoms with E-state index >= 15 is 0 Å². The molecule has 2 fully saturated rings. The highest BCUT2D eigenvalue weighted by atomic mass is 16.1. The van der Waals surface area contributed by atoms with Gasteiger partial charge >= 0.3 is 0 Å². The van der Waals surface area contributed by atoms with Gasteiger partial charge in [-0.15, -0.1) is 0 Å². The third kappa shape index (κ3) is 2.55. The molecule has 2 N–H and O–H groups in total. The number of piperidine rings is 1. The van der Waals surface area contributed by atoms with Crippen LogP contribution in [0.25, 0.3) is 0 Å². The zero-order valence-electron chi connectivity index (χ0n) is 10.3. The predicted molar refractivity (Wildman–Crippen MR) is 64.3 cm³/mol. The van der Waals surface area contributed by atoms with E-state index < -0.39 is 0 Å². The minimum atomic E-state index is 0.132. The molecule has 0 spiro atoms. The molecule has 2 atom stereocenters. The van der Waals surface area contributed by atoms with Gasteiger partial charge in [0.25, 0.3) is 0 Å². The molecule has 1 amide bonds. The molecule has 4 nitrogen and oxygen atoms in total. The van der Waals surface area contributed by atoms with Crippen molar-refractivity contribution >= 4 is 5.91 Å². The van der Waals surface area contributed by atoms with Crippen LogP contribution in [0.3, 0.4) is 0 Å². The van der Waals surface area contributed by atoms with Crippen molar-refractivity contribution in [3.05, 3.63) is 0 Å². The van der Waals surface area contributed by atoms with Crippen LogP contribution in [0.2, 0.25) is 0 Å². The summed E-state index contributed by atoms with van der Waals surface area (Å²) in [4.78, 5) is 13.8. The van der Waals surface area contributed by atoms with Crippen molar-refractivity contribution in [3.8, 4) is 0 Å². The summed E-state index contributed by atoms with van der Waals surface area (Å²) in [6.45, 7) is 3.67. The number of fused-ring (bicyclic) bond motifs is 2. The van der Waals surface area contributed by atoms with E-state index in [4.69, 9.17) is 0 Å². The number of rotatable bonds is 4. The Kier molecular flexibility index (Phi) is 3.82. The number of likely N-dealkylation sites (N-methyl/N-ethyl adjacent to an activating group) is 2. The molecule has 0 saturated carbocycles. The maximum atomic E-state index is 11.4. The fourth-order valence-electron chi connectivity index (χ4n) is 3.09. The van der Waals surface area contributed by atoms with Crippen LogP contribution in [0.15, 0.2) is 0 Å². The summed E-state index contributed by atoms with van der Waals surface area (Å²) in [7, 11) is 1.71. The first-order valence-corrected chi connectivity index (χ1v) is 6.43. The quantitative estimate of drug-likeness (QED) is 0.725. The van der Waals surface area contributed by atoms with Crippen molar-refractivity contribution in [2.75, 3.05) is 20.1 Å². The van der Waals surface area contributed by atoms with Crippen molar-refractivity contribution in [2.45, 2.75) is 50.7 Å². The lowest BCUT2D eigenvalue weighted by atomic mass is 9.98. The highest BCUT2D eigenvalue weighted by Crippen LogP contribution is 2.29. The second-order valence-electron chi connectivity index (χ2n) is 5.00. The Morgan fingerprint density at radius 3 is 2.50 bits per heavy atom. The summed E-state index contributed by atoms with van der Waals surface area (Å²) >= 11 is 0. The van der Waals surface area contributed by atoms with Crippen LogP contribution < -0.4 is 10.6 Å². The summed E-state index contributed by atoms with van der Waals surface area (Å²) in [6, 6.07) is 1.99. The Balaban J connectivity index is 1.91. The zero-order chi connectivity index (χ0) is 11.5.